The van der Waals surface area contributed by atoms with Gasteiger partial charge in [-0.05, 0) is 24.5 Å². The van der Waals surface area contributed by atoms with Gasteiger partial charge in [0.15, 0.2) is 0 Å². The molecule has 94 valence electrons. The first-order chi connectivity index (χ1) is 8.04. The average Bonchev–Trinajstić information content (AvgIpc) is 2.32. The van der Waals surface area contributed by atoms with Crippen LogP contribution in [0.25, 0.3) is 0 Å². The third-order valence-electron chi connectivity index (χ3n) is 2.46. The van der Waals surface area contributed by atoms with Crippen LogP contribution in [0.1, 0.15) is 18.4 Å². The lowest BCUT2D eigenvalue weighted by Crippen LogP contribution is -2.24. The molecular formula is C12H15ClFNO2. The smallest absolute Gasteiger partial charge is 0.305 e. The molecule has 1 aromatic carbocycles. The zero-order chi connectivity index (χ0) is 12.8. The molecule has 0 aliphatic rings. The van der Waals surface area contributed by atoms with Gasteiger partial charge in [0.05, 0.1) is 12.1 Å². The van der Waals surface area contributed by atoms with Crippen LogP contribution >= 0.6 is 11.6 Å². The second-order valence-corrected chi connectivity index (χ2v) is 4.20. The van der Waals surface area contributed by atoms with Crippen LogP contribution in [0.5, 0.6) is 0 Å². The van der Waals surface area contributed by atoms with E-state index in [-0.39, 0.29) is 23.5 Å². The second kappa shape index (κ2) is 6.57. The van der Waals surface area contributed by atoms with Gasteiger partial charge in [0.25, 0.3) is 0 Å². The number of esters is 1. The molecule has 1 atom stereocenters. The Morgan fingerprint density at radius 1 is 1.59 bits per heavy atom. The second-order valence-electron chi connectivity index (χ2n) is 3.79. The summed E-state index contributed by atoms with van der Waals surface area (Å²) in [7, 11) is 1.32. The van der Waals surface area contributed by atoms with Gasteiger partial charge in [-0.15, -0.1) is 0 Å². The summed E-state index contributed by atoms with van der Waals surface area (Å²) in [4.78, 5) is 10.9. The van der Waals surface area contributed by atoms with E-state index in [0.717, 1.165) is 0 Å². The van der Waals surface area contributed by atoms with Crippen LogP contribution in [0.3, 0.4) is 0 Å². The van der Waals surface area contributed by atoms with Crippen LogP contribution in [0.4, 0.5) is 4.39 Å². The van der Waals surface area contributed by atoms with Crippen molar-refractivity contribution in [1.29, 1.82) is 0 Å². The molecule has 2 N–H and O–H groups in total. The fraction of sp³-hybridized carbons (Fsp3) is 0.417. The molecule has 0 aromatic heterocycles. The highest BCUT2D eigenvalue weighted by Crippen LogP contribution is 2.19. The lowest BCUT2D eigenvalue weighted by molar-refractivity contribution is -0.140. The van der Waals surface area contributed by atoms with Crippen molar-refractivity contribution in [3.8, 4) is 0 Å². The van der Waals surface area contributed by atoms with Crippen LogP contribution in [0, 0.1) is 5.82 Å². The quantitative estimate of drug-likeness (QED) is 0.826. The Balaban J connectivity index is 2.53. The summed E-state index contributed by atoms with van der Waals surface area (Å²) in [5.74, 6) is -0.755. The Kier molecular flexibility index (Phi) is 5.38. The number of halogens is 2. The van der Waals surface area contributed by atoms with Crippen LogP contribution < -0.4 is 5.73 Å². The Labute approximate surface area is 105 Å². The van der Waals surface area contributed by atoms with E-state index in [0.29, 0.717) is 18.4 Å². The number of hydrogen-bond acceptors (Lipinski definition) is 3. The molecule has 5 heteroatoms. The van der Waals surface area contributed by atoms with Crippen LogP contribution in [0.15, 0.2) is 18.2 Å². The van der Waals surface area contributed by atoms with Gasteiger partial charge >= 0.3 is 5.97 Å². The molecule has 0 radical (unpaired) electrons. The van der Waals surface area contributed by atoms with Crippen LogP contribution in [0.2, 0.25) is 5.02 Å². The number of ether oxygens (including phenoxy) is 1. The van der Waals surface area contributed by atoms with Crippen molar-refractivity contribution in [3.63, 3.8) is 0 Å². The summed E-state index contributed by atoms with van der Waals surface area (Å²) in [6.45, 7) is 0. The van der Waals surface area contributed by atoms with E-state index >= 15 is 0 Å². The predicted octanol–water partition coefficient (Wildman–Crippen LogP) is 2.30. The zero-order valence-electron chi connectivity index (χ0n) is 9.58. The summed E-state index contributed by atoms with van der Waals surface area (Å²) in [5, 5.41) is 0.0858. The predicted molar refractivity (Wildman–Crippen MR) is 64.3 cm³/mol. The third-order valence-corrected chi connectivity index (χ3v) is 2.75. The number of hydrogen-bond donors (Lipinski definition) is 1. The number of nitrogens with two attached hydrogens (primary N) is 1. The largest absolute Gasteiger partial charge is 0.469 e. The Hall–Kier alpha value is -1.13. The van der Waals surface area contributed by atoms with Crippen molar-refractivity contribution in [2.45, 2.75) is 25.3 Å². The number of carbonyl (C=O) groups excluding carboxylic acids is 1. The molecule has 3 nitrogen and oxygen atoms in total. The van der Waals surface area contributed by atoms with E-state index in [1.165, 1.54) is 13.2 Å². The fourth-order valence-electron chi connectivity index (χ4n) is 1.50. The maximum absolute atomic E-state index is 13.5. The standard InChI is InChI=1S/C12H15ClFNO2/c1-17-11(16)6-5-9(15)7-8-3-2-4-10(13)12(8)14/h2-4,9H,5-7,15H2,1H3. The molecule has 1 unspecified atom stereocenters. The van der Waals surface area contributed by atoms with Crippen molar-refractivity contribution in [2.75, 3.05) is 7.11 Å². The average molecular weight is 260 g/mol. The van der Waals surface area contributed by atoms with Gasteiger partial charge in [0.1, 0.15) is 5.82 Å². The van der Waals surface area contributed by atoms with Gasteiger partial charge in [-0.3, -0.25) is 4.79 Å². The van der Waals surface area contributed by atoms with Crippen molar-refractivity contribution in [2.24, 2.45) is 5.73 Å². The highest BCUT2D eigenvalue weighted by molar-refractivity contribution is 6.30. The molecule has 17 heavy (non-hydrogen) atoms. The van der Waals surface area contributed by atoms with Crippen molar-refractivity contribution in [1.82, 2.24) is 0 Å². The summed E-state index contributed by atoms with van der Waals surface area (Å²) in [5.41, 5.74) is 6.28. The van der Waals surface area contributed by atoms with Crippen LogP contribution in [-0.2, 0) is 16.0 Å². The van der Waals surface area contributed by atoms with Crippen molar-refractivity contribution in [3.05, 3.63) is 34.6 Å². The molecular weight excluding hydrogens is 245 g/mol. The number of methoxy groups -OCH3 is 1. The number of carbonyl (C=O) groups is 1. The first-order valence-corrected chi connectivity index (χ1v) is 5.67. The molecule has 0 bridgehead atoms. The fourth-order valence-corrected chi connectivity index (χ4v) is 1.69. The Morgan fingerprint density at radius 3 is 2.94 bits per heavy atom. The Morgan fingerprint density at radius 2 is 2.29 bits per heavy atom. The molecule has 1 aromatic rings. The summed E-state index contributed by atoms with van der Waals surface area (Å²) >= 11 is 5.66. The molecule has 0 saturated heterocycles. The third kappa shape index (κ3) is 4.32. The molecule has 0 aliphatic carbocycles. The van der Waals surface area contributed by atoms with E-state index in [2.05, 4.69) is 4.74 Å². The maximum Gasteiger partial charge on any atom is 0.305 e. The zero-order valence-corrected chi connectivity index (χ0v) is 10.3. The Bertz CT molecular complexity index is 398. The molecule has 0 aliphatic heterocycles. The van der Waals surface area contributed by atoms with Crippen LogP contribution in [-0.4, -0.2) is 19.1 Å². The highest BCUT2D eigenvalue weighted by Gasteiger charge is 2.12. The van der Waals surface area contributed by atoms with Crippen molar-refractivity contribution < 1.29 is 13.9 Å². The first kappa shape index (κ1) is 13.9. The molecule has 1 rings (SSSR count). The number of benzene rings is 1. The van der Waals surface area contributed by atoms with E-state index in [4.69, 9.17) is 17.3 Å². The highest BCUT2D eigenvalue weighted by atomic mass is 35.5. The lowest BCUT2D eigenvalue weighted by Gasteiger charge is -2.11. The van der Waals surface area contributed by atoms with Gasteiger partial charge in [-0.2, -0.15) is 0 Å². The molecule has 0 saturated carbocycles. The number of rotatable bonds is 5. The normalized spacial score (nSPS) is 12.2. The molecule has 0 fully saturated rings. The summed E-state index contributed by atoms with van der Waals surface area (Å²) in [6, 6.07) is 4.51. The van der Waals surface area contributed by atoms with Gasteiger partial charge in [-0.1, -0.05) is 23.7 Å². The van der Waals surface area contributed by atoms with E-state index < -0.39 is 5.82 Å². The lowest BCUT2D eigenvalue weighted by atomic mass is 10.0. The SMILES string of the molecule is COC(=O)CCC(N)Cc1cccc(Cl)c1F. The van der Waals surface area contributed by atoms with Gasteiger partial charge in [0.2, 0.25) is 0 Å². The monoisotopic (exact) mass is 259 g/mol. The molecule has 0 heterocycles. The topological polar surface area (TPSA) is 52.3 Å². The minimum Gasteiger partial charge on any atom is -0.469 e. The minimum atomic E-state index is -0.442. The summed E-state index contributed by atoms with van der Waals surface area (Å²) < 4.78 is 18.1. The van der Waals surface area contributed by atoms with Gasteiger partial charge < -0.3 is 10.5 Å². The van der Waals surface area contributed by atoms with E-state index in [1.54, 1.807) is 12.1 Å². The van der Waals surface area contributed by atoms with Crippen molar-refractivity contribution >= 4 is 17.6 Å². The van der Waals surface area contributed by atoms with E-state index in [1.807, 2.05) is 0 Å². The van der Waals surface area contributed by atoms with E-state index in [9.17, 15) is 9.18 Å². The van der Waals surface area contributed by atoms with Gasteiger partial charge in [-0.25, -0.2) is 4.39 Å². The molecule has 0 spiro atoms. The minimum absolute atomic E-state index is 0.0858. The molecule has 0 amide bonds. The van der Waals surface area contributed by atoms with Gasteiger partial charge in [0, 0.05) is 12.5 Å². The first-order valence-electron chi connectivity index (χ1n) is 5.30. The summed E-state index contributed by atoms with van der Waals surface area (Å²) in [6.07, 6.45) is 1.04. The maximum atomic E-state index is 13.5.